The van der Waals surface area contributed by atoms with Crippen LogP contribution in [0.15, 0.2) is 0 Å². The Kier molecular flexibility index (Phi) is 2.85. The van der Waals surface area contributed by atoms with Crippen molar-refractivity contribution in [2.45, 2.75) is 46.6 Å². The lowest BCUT2D eigenvalue weighted by Gasteiger charge is -2.40. The van der Waals surface area contributed by atoms with Crippen molar-refractivity contribution < 1.29 is 0 Å². The van der Waals surface area contributed by atoms with Crippen LogP contribution in [0.2, 0.25) is 0 Å². The maximum Gasteiger partial charge on any atom is 0.179 e. The van der Waals surface area contributed by atoms with Crippen molar-refractivity contribution in [2.24, 2.45) is 11.3 Å². The summed E-state index contributed by atoms with van der Waals surface area (Å²) in [4.78, 5) is 1.93. The maximum atomic E-state index is 8.92. The van der Waals surface area contributed by atoms with Crippen LogP contribution in [0.25, 0.3) is 0 Å². The van der Waals surface area contributed by atoms with Crippen LogP contribution in [0.3, 0.4) is 0 Å². The lowest BCUT2D eigenvalue weighted by molar-refractivity contribution is 0.102. The lowest BCUT2D eigenvalue weighted by Crippen LogP contribution is -2.42. The van der Waals surface area contributed by atoms with Gasteiger partial charge in [0.25, 0.3) is 0 Å². The molecule has 0 aliphatic carbocycles. The molecule has 0 bridgehead atoms. The zero-order chi connectivity index (χ0) is 10.1. The average Bonchev–Trinajstić information content (AvgIpc) is 2.03. The van der Waals surface area contributed by atoms with Crippen molar-refractivity contribution in [3.8, 4) is 6.19 Å². The fourth-order valence-corrected chi connectivity index (χ4v) is 1.95. The van der Waals surface area contributed by atoms with Gasteiger partial charge in [-0.1, -0.05) is 20.8 Å². The van der Waals surface area contributed by atoms with Gasteiger partial charge in [-0.25, -0.2) is 0 Å². The minimum absolute atomic E-state index is 0.342. The Balaban J connectivity index is 2.61. The first-order valence-electron chi connectivity index (χ1n) is 5.11. The van der Waals surface area contributed by atoms with E-state index >= 15 is 0 Å². The Bertz CT molecular complexity index is 209. The third-order valence-corrected chi connectivity index (χ3v) is 3.24. The Hall–Kier alpha value is -0.710. The Labute approximate surface area is 81.5 Å². The van der Waals surface area contributed by atoms with E-state index in [4.69, 9.17) is 5.26 Å². The van der Waals surface area contributed by atoms with Gasteiger partial charge >= 0.3 is 0 Å². The highest BCUT2D eigenvalue weighted by Gasteiger charge is 2.32. The summed E-state index contributed by atoms with van der Waals surface area (Å²) in [5.74, 6) is 0.670. The summed E-state index contributed by atoms with van der Waals surface area (Å²) in [6.07, 6.45) is 4.72. The molecule has 0 spiro atoms. The maximum absolute atomic E-state index is 8.92. The quantitative estimate of drug-likeness (QED) is 0.536. The van der Waals surface area contributed by atoms with E-state index < -0.39 is 0 Å². The van der Waals surface area contributed by atoms with Crippen LogP contribution in [0.5, 0.6) is 0 Å². The molecule has 1 heterocycles. The zero-order valence-corrected chi connectivity index (χ0v) is 9.17. The van der Waals surface area contributed by atoms with Crippen LogP contribution in [0, 0.1) is 22.8 Å². The van der Waals surface area contributed by atoms with E-state index in [0.717, 1.165) is 13.0 Å². The summed E-state index contributed by atoms with van der Waals surface area (Å²) in [7, 11) is 0. The lowest BCUT2D eigenvalue weighted by atomic mass is 9.75. The van der Waals surface area contributed by atoms with Gasteiger partial charge in [0.1, 0.15) is 0 Å². The molecule has 13 heavy (non-hydrogen) atoms. The smallest absolute Gasteiger partial charge is 0.179 e. The monoisotopic (exact) mass is 180 g/mol. The molecule has 0 aromatic rings. The third kappa shape index (κ3) is 2.37. The Morgan fingerprint density at radius 3 is 2.38 bits per heavy atom. The fraction of sp³-hybridized carbons (Fsp3) is 0.909. The van der Waals surface area contributed by atoms with Crippen LogP contribution in [-0.4, -0.2) is 17.5 Å². The Morgan fingerprint density at radius 2 is 1.92 bits per heavy atom. The molecule has 2 heteroatoms. The van der Waals surface area contributed by atoms with Crippen LogP contribution in [0.1, 0.15) is 40.5 Å². The van der Waals surface area contributed by atoms with Crippen molar-refractivity contribution in [2.75, 3.05) is 6.54 Å². The molecule has 2 atom stereocenters. The van der Waals surface area contributed by atoms with Crippen LogP contribution in [0.4, 0.5) is 0 Å². The molecular weight excluding hydrogens is 160 g/mol. The number of likely N-dealkylation sites (tertiary alicyclic amines) is 1. The highest BCUT2D eigenvalue weighted by atomic mass is 15.2. The van der Waals surface area contributed by atoms with E-state index in [2.05, 4.69) is 33.9 Å². The van der Waals surface area contributed by atoms with Gasteiger partial charge in [-0.2, -0.15) is 5.26 Å². The molecule has 2 nitrogen and oxygen atoms in total. The van der Waals surface area contributed by atoms with Gasteiger partial charge in [0.05, 0.1) is 0 Å². The van der Waals surface area contributed by atoms with Gasteiger partial charge in [-0.05, 0) is 31.1 Å². The third-order valence-electron chi connectivity index (χ3n) is 3.24. The molecule has 0 saturated carbocycles. The second-order valence-electron chi connectivity index (χ2n) is 5.24. The number of nitriles is 1. The van der Waals surface area contributed by atoms with E-state index in [1.165, 1.54) is 6.42 Å². The van der Waals surface area contributed by atoms with Crippen molar-refractivity contribution >= 4 is 0 Å². The summed E-state index contributed by atoms with van der Waals surface area (Å²) in [6.45, 7) is 9.89. The molecule has 0 aromatic carbocycles. The average molecular weight is 180 g/mol. The van der Waals surface area contributed by atoms with Crippen molar-refractivity contribution in [3.05, 3.63) is 0 Å². The molecule has 0 aromatic heterocycles. The predicted octanol–water partition coefficient (Wildman–Crippen LogP) is 2.61. The van der Waals surface area contributed by atoms with Gasteiger partial charge in [0.15, 0.2) is 6.19 Å². The van der Waals surface area contributed by atoms with Crippen molar-refractivity contribution in [1.29, 1.82) is 5.26 Å². The van der Waals surface area contributed by atoms with E-state index in [0.29, 0.717) is 17.4 Å². The second-order valence-corrected chi connectivity index (χ2v) is 5.24. The summed E-state index contributed by atoms with van der Waals surface area (Å²) in [5.41, 5.74) is 0.342. The highest BCUT2D eigenvalue weighted by Crippen LogP contribution is 2.34. The predicted molar refractivity (Wildman–Crippen MR) is 54.0 cm³/mol. The summed E-state index contributed by atoms with van der Waals surface area (Å²) in [6, 6.07) is 0.448. The van der Waals surface area contributed by atoms with Crippen molar-refractivity contribution in [3.63, 3.8) is 0 Å². The van der Waals surface area contributed by atoms with Gasteiger partial charge in [0.2, 0.25) is 0 Å². The first kappa shape index (κ1) is 10.4. The minimum Gasteiger partial charge on any atom is -0.308 e. The normalized spacial score (nSPS) is 29.9. The molecule has 0 N–H and O–H groups in total. The van der Waals surface area contributed by atoms with E-state index in [1.54, 1.807) is 0 Å². The van der Waals surface area contributed by atoms with Crippen LogP contribution >= 0.6 is 0 Å². The molecule has 1 saturated heterocycles. The van der Waals surface area contributed by atoms with E-state index in [-0.39, 0.29) is 0 Å². The molecule has 2 unspecified atom stereocenters. The molecule has 1 fully saturated rings. The topological polar surface area (TPSA) is 27.0 Å². The van der Waals surface area contributed by atoms with Gasteiger partial charge in [-0.3, -0.25) is 0 Å². The van der Waals surface area contributed by atoms with Gasteiger partial charge < -0.3 is 4.90 Å². The highest BCUT2D eigenvalue weighted by molar-refractivity contribution is 4.90. The van der Waals surface area contributed by atoms with Crippen LogP contribution < -0.4 is 0 Å². The number of hydrogen-bond acceptors (Lipinski definition) is 2. The zero-order valence-electron chi connectivity index (χ0n) is 9.17. The largest absolute Gasteiger partial charge is 0.308 e. The summed E-state index contributed by atoms with van der Waals surface area (Å²) < 4.78 is 0. The number of hydrogen-bond donors (Lipinski definition) is 0. The SMILES string of the molecule is CC1CCC(C(C)(C)C)CN1C#N. The van der Waals surface area contributed by atoms with Gasteiger partial charge in [0, 0.05) is 12.6 Å². The molecule has 74 valence electrons. The van der Waals surface area contributed by atoms with Gasteiger partial charge in [-0.15, -0.1) is 0 Å². The first-order chi connectivity index (χ1) is 5.95. The number of piperidine rings is 1. The molecule has 1 rings (SSSR count). The van der Waals surface area contributed by atoms with E-state index in [1.807, 2.05) is 4.90 Å². The number of nitrogens with zero attached hydrogens (tertiary/aromatic N) is 2. The minimum atomic E-state index is 0.342. The molecule has 1 aliphatic rings. The van der Waals surface area contributed by atoms with E-state index in [9.17, 15) is 0 Å². The fourth-order valence-electron chi connectivity index (χ4n) is 1.95. The standard InChI is InChI=1S/C11H20N2/c1-9-5-6-10(11(2,3)4)7-13(9)8-12/h9-10H,5-7H2,1-4H3. The molecular formula is C11H20N2. The number of rotatable bonds is 0. The van der Waals surface area contributed by atoms with Crippen molar-refractivity contribution in [1.82, 2.24) is 4.90 Å². The molecule has 1 aliphatic heterocycles. The second kappa shape index (κ2) is 3.57. The Morgan fingerprint density at radius 1 is 1.31 bits per heavy atom. The molecule has 0 amide bonds. The van der Waals surface area contributed by atoms with Crippen LogP contribution in [-0.2, 0) is 0 Å². The summed E-state index contributed by atoms with van der Waals surface area (Å²) in [5, 5.41) is 8.92. The molecule has 0 radical (unpaired) electrons. The summed E-state index contributed by atoms with van der Waals surface area (Å²) >= 11 is 0. The first-order valence-corrected chi connectivity index (χ1v) is 5.11.